The summed E-state index contributed by atoms with van der Waals surface area (Å²) < 4.78 is 39.8. The molecule has 0 radical (unpaired) electrons. The van der Waals surface area contributed by atoms with Crippen LogP contribution in [-0.4, -0.2) is 18.4 Å². The van der Waals surface area contributed by atoms with Crippen molar-refractivity contribution in [2.75, 3.05) is 4.72 Å². The highest BCUT2D eigenvalue weighted by Crippen LogP contribution is 2.22. The maximum absolute atomic E-state index is 12.9. The summed E-state index contributed by atoms with van der Waals surface area (Å²) in [6.45, 7) is 1.92. The Kier molecular flexibility index (Phi) is 4.35. The molecule has 2 aromatic carbocycles. The summed E-state index contributed by atoms with van der Waals surface area (Å²) in [5, 5.41) is 0. The molecule has 0 spiro atoms. The normalized spacial score (nSPS) is 11.4. The van der Waals surface area contributed by atoms with Crippen LogP contribution in [0.2, 0.25) is 0 Å². The number of aromatic nitrogens is 2. The first kappa shape index (κ1) is 16.2. The van der Waals surface area contributed by atoms with Crippen LogP contribution in [0, 0.1) is 12.7 Å². The predicted octanol–water partition coefficient (Wildman–Crippen LogP) is 3.47. The van der Waals surface area contributed by atoms with Gasteiger partial charge in [0.15, 0.2) is 0 Å². The molecule has 0 aliphatic carbocycles. The molecule has 0 aliphatic heterocycles. The number of sulfonamides is 1. The molecule has 0 bridgehead atoms. The molecule has 3 rings (SSSR count). The van der Waals surface area contributed by atoms with Crippen LogP contribution in [0.4, 0.5) is 10.1 Å². The van der Waals surface area contributed by atoms with Gasteiger partial charge in [-0.25, -0.2) is 17.8 Å². The van der Waals surface area contributed by atoms with Crippen molar-refractivity contribution in [3.05, 3.63) is 71.9 Å². The quantitative estimate of drug-likeness (QED) is 0.743. The summed E-state index contributed by atoms with van der Waals surface area (Å²) in [4.78, 5) is 7.23. The van der Waals surface area contributed by atoms with Crippen LogP contribution in [-0.2, 0) is 15.8 Å². The van der Waals surface area contributed by atoms with Crippen molar-refractivity contribution in [2.24, 2.45) is 0 Å². The Labute approximate surface area is 139 Å². The van der Waals surface area contributed by atoms with Crippen molar-refractivity contribution in [2.45, 2.75) is 12.7 Å². The molecule has 5 nitrogen and oxygen atoms in total. The number of anilines is 1. The van der Waals surface area contributed by atoms with E-state index in [-0.39, 0.29) is 5.75 Å². The average Bonchev–Trinajstić information content (AvgIpc) is 2.96. The Bertz CT molecular complexity index is 933. The van der Waals surface area contributed by atoms with Gasteiger partial charge in [-0.15, -0.1) is 0 Å². The Morgan fingerprint density at radius 3 is 2.33 bits per heavy atom. The summed E-state index contributed by atoms with van der Waals surface area (Å²) in [5.41, 5.74) is 3.66. The van der Waals surface area contributed by atoms with E-state index in [0.717, 1.165) is 17.0 Å². The van der Waals surface area contributed by atoms with Crippen molar-refractivity contribution in [1.82, 2.24) is 9.97 Å². The third kappa shape index (κ3) is 3.80. The summed E-state index contributed by atoms with van der Waals surface area (Å²) in [6.07, 6.45) is 1.62. The molecular weight excluding hydrogens is 329 g/mol. The number of rotatable bonds is 5. The molecule has 24 heavy (non-hydrogen) atoms. The Hall–Kier alpha value is -2.67. The molecule has 0 aliphatic rings. The number of H-pyrrole nitrogens is 1. The van der Waals surface area contributed by atoms with E-state index in [0.29, 0.717) is 11.3 Å². The molecule has 0 amide bonds. The lowest BCUT2D eigenvalue weighted by atomic mass is 10.1. The van der Waals surface area contributed by atoms with Gasteiger partial charge in [0.2, 0.25) is 10.0 Å². The van der Waals surface area contributed by atoms with Crippen molar-refractivity contribution < 1.29 is 12.8 Å². The van der Waals surface area contributed by atoms with Crippen LogP contribution in [0.1, 0.15) is 11.3 Å². The van der Waals surface area contributed by atoms with Gasteiger partial charge in [-0.1, -0.05) is 24.3 Å². The number of hydrogen-bond donors (Lipinski definition) is 2. The number of hydrogen-bond acceptors (Lipinski definition) is 3. The van der Waals surface area contributed by atoms with E-state index < -0.39 is 15.8 Å². The van der Waals surface area contributed by atoms with Crippen LogP contribution >= 0.6 is 0 Å². The molecular formula is C17H16FN3O2S. The monoisotopic (exact) mass is 345 g/mol. The summed E-state index contributed by atoms with van der Waals surface area (Å²) in [7, 11) is -3.57. The fourth-order valence-corrected chi connectivity index (χ4v) is 3.56. The summed E-state index contributed by atoms with van der Waals surface area (Å²) in [5.74, 6) is -0.610. The van der Waals surface area contributed by atoms with E-state index in [9.17, 15) is 12.8 Å². The largest absolute Gasteiger partial charge is 0.348 e. The number of imidazole rings is 1. The minimum Gasteiger partial charge on any atom is -0.348 e. The predicted molar refractivity (Wildman–Crippen MR) is 91.4 cm³/mol. The molecule has 1 heterocycles. The molecule has 3 aromatic rings. The fourth-order valence-electron chi connectivity index (χ4n) is 2.36. The Morgan fingerprint density at radius 2 is 1.75 bits per heavy atom. The number of halogens is 1. The fraction of sp³-hybridized carbons (Fsp3) is 0.118. The number of nitrogens with zero attached hydrogens (tertiary/aromatic N) is 1. The second-order valence-corrected chi connectivity index (χ2v) is 7.16. The van der Waals surface area contributed by atoms with Crippen molar-refractivity contribution in [3.8, 4) is 11.3 Å². The van der Waals surface area contributed by atoms with Gasteiger partial charge in [0.1, 0.15) is 5.82 Å². The summed E-state index contributed by atoms with van der Waals surface area (Å²) >= 11 is 0. The minimum absolute atomic E-state index is 0.215. The average molecular weight is 345 g/mol. The molecule has 0 unspecified atom stereocenters. The third-order valence-corrected chi connectivity index (χ3v) is 4.79. The SMILES string of the molecule is Cc1[nH]cnc1-c1ccc(NS(=O)(=O)Cc2ccc(F)cc2)cc1. The molecule has 0 saturated carbocycles. The number of nitrogens with one attached hydrogen (secondary N) is 2. The highest BCUT2D eigenvalue weighted by atomic mass is 32.2. The van der Waals surface area contributed by atoms with Crippen LogP contribution in [0.3, 0.4) is 0 Å². The van der Waals surface area contributed by atoms with Crippen molar-refractivity contribution >= 4 is 15.7 Å². The molecule has 124 valence electrons. The maximum atomic E-state index is 12.9. The van der Waals surface area contributed by atoms with Crippen molar-refractivity contribution in [3.63, 3.8) is 0 Å². The standard InChI is InChI=1S/C17H16FN3O2S/c1-12-17(20-11-19-12)14-4-8-16(9-5-14)21-24(22,23)10-13-2-6-15(18)7-3-13/h2-9,11,21H,10H2,1H3,(H,19,20). The topological polar surface area (TPSA) is 74.8 Å². The number of benzene rings is 2. The zero-order chi connectivity index (χ0) is 17.2. The van der Waals surface area contributed by atoms with Crippen LogP contribution < -0.4 is 4.72 Å². The highest BCUT2D eigenvalue weighted by molar-refractivity contribution is 7.91. The highest BCUT2D eigenvalue weighted by Gasteiger charge is 2.12. The second kappa shape index (κ2) is 6.45. The van der Waals surface area contributed by atoms with Crippen molar-refractivity contribution in [1.29, 1.82) is 0 Å². The second-order valence-electron chi connectivity index (χ2n) is 5.44. The van der Waals surface area contributed by atoms with Crippen LogP contribution in [0.15, 0.2) is 54.9 Å². The lowest BCUT2D eigenvalue weighted by Gasteiger charge is -2.09. The number of aromatic amines is 1. The summed E-state index contributed by atoms with van der Waals surface area (Å²) in [6, 6.07) is 12.4. The number of aryl methyl sites for hydroxylation is 1. The third-order valence-electron chi connectivity index (χ3n) is 3.53. The van der Waals surface area contributed by atoms with Gasteiger partial charge < -0.3 is 4.98 Å². The van der Waals surface area contributed by atoms with E-state index >= 15 is 0 Å². The molecule has 0 fully saturated rings. The molecule has 1 aromatic heterocycles. The first-order valence-electron chi connectivity index (χ1n) is 7.28. The van der Waals surface area contributed by atoms with Gasteiger partial charge in [0, 0.05) is 16.9 Å². The van der Waals surface area contributed by atoms with E-state index in [1.54, 1.807) is 30.6 Å². The van der Waals surface area contributed by atoms with E-state index in [4.69, 9.17) is 0 Å². The molecule has 0 saturated heterocycles. The van der Waals surface area contributed by atoms with Gasteiger partial charge in [-0.3, -0.25) is 4.72 Å². The first-order valence-corrected chi connectivity index (χ1v) is 8.93. The Balaban J connectivity index is 1.73. The first-order chi connectivity index (χ1) is 11.4. The van der Waals surface area contributed by atoms with Crippen LogP contribution in [0.25, 0.3) is 11.3 Å². The van der Waals surface area contributed by atoms with Gasteiger partial charge in [-0.2, -0.15) is 0 Å². The lowest BCUT2D eigenvalue weighted by Crippen LogP contribution is -2.15. The van der Waals surface area contributed by atoms with Gasteiger partial charge in [0.25, 0.3) is 0 Å². The van der Waals surface area contributed by atoms with E-state index in [1.807, 2.05) is 6.92 Å². The van der Waals surface area contributed by atoms with Gasteiger partial charge in [0.05, 0.1) is 17.8 Å². The molecule has 7 heteroatoms. The zero-order valence-corrected chi connectivity index (χ0v) is 13.8. The van der Waals surface area contributed by atoms with E-state index in [2.05, 4.69) is 14.7 Å². The van der Waals surface area contributed by atoms with Crippen LogP contribution in [0.5, 0.6) is 0 Å². The van der Waals surface area contributed by atoms with Gasteiger partial charge in [-0.05, 0) is 36.8 Å². The molecule has 2 N–H and O–H groups in total. The maximum Gasteiger partial charge on any atom is 0.236 e. The minimum atomic E-state index is -3.57. The smallest absolute Gasteiger partial charge is 0.236 e. The lowest BCUT2D eigenvalue weighted by molar-refractivity contribution is 0.600. The Morgan fingerprint density at radius 1 is 1.08 bits per heavy atom. The van der Waals surface area contributed by atoms with Gasteiger partial charge >= 0.3 is 0 Å². The van der Waals surface area contributed by atoms with E-state index in [1.165, 1.54) is 24.3 Å². The molecule has 0 atom stereocenters. The zero-order valence-electron chi connectivity index (χ0n) is 13.0.